The number of carbonyl (C=O) groups excluding carboxylic acids is 1. The van der Waals surface area contributed by atoms with Crippen LogP contribution < -0.4 is 20.3 Å². The van der Waals surface area contributed by atoms with Crippen molar-refractivity contribution in [2.75, 3.05) is 12.4 Å². The monoisotopic (exact) mass is 453 g/mol. The molecule has 0 fully saturated rings. The Morgan fingerprint density at radius 2 is 2.03 bits per heavy atom. The number of aromatic amines is 1. The van der Waals surface area contributed by atoms with Gasteiger partial charge in [-0.3, -0.25) is 9.59 Å². The predicted molar refractivity (Wildman–Crippen MR) is 117 cm³/mol. The van der Waals surface area contributed by atoms with Crippen molar-refractivity contribution in [3.63, 3.8) is 0 Å². The van der Waals surface area contributed by atoms with Crippen LogP contribution in [0.3, 0.4) is 0 Å². The molecule has 0 radical (unpaired) electrons. The standard InChI is InChI=1S/C22H17F2N5O4/c1-32-17-8-4-5-13(19(17)33-22(23)24)9-10-18(30)28-15-6-2-3-7-16(15)29-20-14(11-27-29)21(31)26-12-25-20/h2-12,22H,1H3,(H,28,30)(H,25,26,31)/b10-9+. The first kappa shape index (κ1) is 21.7. The lowest BCUT2D eigenvalue weighted by Gasteiger charge is -2.12. The van der Waals surface area contributed by atoms with Gasteiger partial charge in [-0.2, -0.15) is 13.9 Å². The summed E-state index contributed by atoms with van der Waals surface area (Å²) in [6.07, 6.45) is 5.16. The zero-order valence-corrected chi connectivity index (χ0v) is 17.2. The van der Waals surface area contributed by atoms with E-state index < -0.39 is 12.5 Å². The van der Waals surface area contributed by atoms with E-state index in [9.17, 15) is 18.4 Å². The molecule has 0 saturated heterocycles. The van der Waals surface area contributed by atoms with E-state index in [0.717, 1.165) is 0 Å². The first-order valence-electron chi connectivity index (χ1n) is 9.59. The zero-order valence-electron chi connectivity index (χ0n) is 17.2. The number of nitrogens with one attached hydrogen (secondary N) is 2. The molecule has 2 aromatic carbocycles. The number of amides is 1. The van der Waals surface area contributed by atoms with Crippen molar-refractivity contribution in [2.24, 2.45) is 0 Å². The number of nitrogens with zero attached hydrogens (tertiary/aromatic N) is 3. The van der Waals surface area contributed by atoms with E-state index in [-0.39, 0.29) is 22.6 Å². The maximum absolute atomic E-state index is 12.8. The van der Waals surface area contributed by atoms with Crippen LogP contribution in [0.5, 0.6) is 11.5 Å². The molecule has 4 aromatic rings. The lowest BCUT2D eigenvalue weighted by Crippen LogP contribution is -2.12. The fourth-order valence-corrected chi connectivity index (χ4v) is 3.18. The molecule has 4 rings (SSSR count). The topological polar surface area (TPSA) is 111 Å². The fourth-order valence-electron chi connectivity index (χ4n) is 3.18. The van der Waals surface area contributed by atoms with Crippen LogP contribution in [0.25, 0.3) is 22.8 Å². The van der Waals surface area contributed by atoms with E-state index in [1.807, 2.05) is 0 Å². The lowest BCUT2D eigenvalue weighted by atomic mass is 10.1. The molecule has 0 atom stereocenters. The highest BCUT2D eigenvalue weighted by Gasteiger charge is 2.15. The fraction of sp³-hybridized carbons (Fsp3) is 0.0909. The van der Waals surface area contributed by atoms with Gasteiger partial charge in [0.2, 0.25) is 5.91 Å². The minimum atomic E-state index is -3.06. The second-order valence-electron chi connectivity index (χ2n) is 6.62. The summed E-state index contributed by atoms with van der Waals surface area (Å²) in [6, 6.07) is 11.4. The predicted octanol–water partition coefficient (Wildman–Crippen LogP) is 3.37. The Labute approximate surface area is 185 Å². The van der Waals surface area contributed by atoms with E-state index >= 15 is 0 Å². The summed E-state index contributed by atoms with van der Waals surface area (Å²) in [4.78, 5) is 31.2. The van der Waals surface area contributed by atoms with E-state index in [4.69, 9.17) is 4.74 Å². The highest BCUT2D eigenvalue weighted by Crippen LogP contribution is 2.33. The van der Waals surface area contributed by atoms with Crippen LogP contribution >= 0.6 is 0 Å². The first-order valence-corrected chi connectivity index (χ1v) is 9.59. The normalized spacial score (nSPS) is 11.3. The van der Waals surface area contributed by atoms with Crippen molar-refractivity contribution >= 4 is 28.7 Å². The lowest BCUT2D eigenvalue weighted by molar-refractivity contribution is -0.111. The van der Waals surface area contributed by atoms with Crippen molar-refractivity contribution in [1.82, 2.24) is 19.7 Å². The summed E-state index contributed by atoms with van der Waals surface area (Å²) < 4.78 is 36.6. The van der Waals surface area contributed by atoms with Crippen molar-refractivity contribution in [1.29, 1.82) is 0 Å². The molecule has 168 valence electrons. The van der Waals surface area contributed by atoms with Gasteiger partial charge in [-0.05, 0) is 24.3 Å². The summed E-state index contributed by atoms with van der Waals surface area (Å²) in [5.74, 6) is -0.606. The number of hydrogen-bond acceptors (Lipinski definition) is 6. The zero-order chi connectivity index (χ0) is 23.4. The molecule has 9 nitrogen and oxygen atoms in total. The van der Waals surface area contributed by atoms with Gasteiger partial charge in [0, 0.05) is 11.6 Å². The molecule has 0 unspecified atom stereocenters. The number of rotatable bonds is 7. The van der Waals surface area contributed by atoms with E-state index in [2.05, 4.69) is 25.1 Å². The van der Waals surface area contributed by atoms with Gasteiger partial charge in [0.15, 0.2) is 17.1 Å². The van der Waals surface area contributed by atoms with Crippen LogP contribution in [0.4, 0.5) is 14.5 Å². The van der Waals surface area contributed by atoms with Crippen LogP contribution in [0.1, 0.15) is 5.56 Å². The Bertz CT molecular complexity index is 1400. The number of halogens is 2. The molecule has 2 N–H and O–H groups in total. The van der Waals surface area contributed by atoms with Crippen molar-refractivity contribution in [2.45, 2.75) is 6.61 Å². The molecule has 0 spiro atoms. The Morgan fingerprint density at radius 3 is 2.82 bits per heavy atom. The number of carbonyl (C=O) groups is 1. The molecule has 33 heavy (non-hydrogen) atoms. The van der Waals surface area contributed by atoms with E-state index in [0.29, 0.717) is 22.4 Å². The van der Waals surface area contributed by atoms with Gasteiger partial charge >= 0.3 is 6.61 Å². The second kappa shape index (κ2) is 9.30. The van der Waals surface area contributed by atoms with Crippen LogP contribution in [-0.4, -0.2) is 39.4 Å². The molecule has 2 heterocycles. The molecule has 0 saturated carbocycles. The number of benzene rings is 2. The summed E-state index contributed by atoms with van der Waals surface area (Å²) in [7, 11) is 1.33. The van der Waals surface area contributed by atoms with Crippen LogP contribution in [0.15, 0.2) is 65.9 Å². The Morgan fingerprint density at radius 1 is 1.21 bits per heavy atom. The largest absolute Gasteiger partial charge is 0.493 e. The first-order chi connectivity index (χ1) is 16.0. The maximum atomic E-state index is 12.8. The van der Waals surface area contributed by atoms with E-state index in [1.54, 1.807) is 30.3 Å². The summed E-state index contributed by atoms with van der Waals surface area (Å²) in [5, 5.41) is 7.22. The second-order valence-corrected chi connectivity index (χ2v) is 6.62. The summed E-state index contributed by atoms with van der Waals surface area (Å²) in [6.45, 7) is -3.06. The molecule has 2 aromatic heterocycles. The third-order valence-corrected chi connectivity index (χ3v) is 4.61. The highest BCUT2D eigenvalue weighted by atomic mass is 19.3. The van der Waals surface area contributed by atoms with Crippen molar-refractivity contribution in [3.05, 3.63) is 77.0 Å². The number of H-pyrrole nitrogens is 1. The number of aromatic nitrogens is 4. The van der Waals surface area contributed by atoms with Gasteiger partial charge in [-0.15, -0.1) is 0 Å². The van der Waals surface area contributed by atoms with Gasteiger partial charge < -0.3 is 19.8 Å². The molecule has 11 heteroatoms. The molecule has 0 aliphatic rings. The molecular weight excluding hydrogens is 436 g/mol. The van der Waals surface area contributed by atoms with Crippen LogP contribution in [0, 0.1) is 0 Å². The van der Waals surface area contributed by atoms with Crippen LogP contribution in [0.2, 0.25) is 0 Å². The molecule has 0 aliphatic carbocycles. The molecule has 0 bridgehead atoms. The van der Waals surface area contributed by atoms with Gasteiger partial charge in [-0.1, -0.05) is 24.3 Å². The Hall–Kier alpha value is -4.54. The number of fused-ring (bicyclic) bond motifs is 1. The Kier molecular flexibility index (Phi) is 6.11. The Balaban J connectivity index is 1.62. The number of hydrogen-bond donors (Lipinski definition) is 2. The maximum Gasteiger partial charge on any atom is 0.387 e. The number of alkyl halides is 2. The summed E-state index contributed by atoms with van der Waals surface area (Å²) >= 11 is 0. The molecular formula is C22H17F2N5O4. The number of anilines is 1. The highest BCUT2D eigenvalue weighted by molar-refractivity contribution is 6.03. The quantitative estimate of drug-likeness (QED) is 0.415. The van der Waals surface area contributed by atoms with Gasteiger partial charge in [0.05, 0.1) is 31.0 Å². The third kappa shape index (κ3) is 4.56. The van der Waals surface area contributed by atoms with Crippen molar-refractivity contribution in [3.8, 4) is 17.2 Å². The minimum absolute atomic E-state index is 0.108. The minimum Gasteiger partial charge on any atom is -0.493 e. The van der Waals surface area contributed by atoms with Gasteiger partial charge in [0.25, 0.3) is 5.56 Å². The molecule has 0 aliphatic heterocycles. The summed E-state index contributed by atoms with van der Waals surface area (Å²) in [5.41, 5.74) is 1.10. The average molecular weight is 453 g/mol. The third-order valence-electron chi connectivity index (χ3n) is 4.61. The van der Waals surface area contributed by atoms with Gasteiger partial charge in [-0.25, -0.2) is 9.67 Å². The molecule has 1 amide bonds. The average Bonchev–Trinajstić information content (AvgIpc) is 3.24. The number of ether oxygens (including phenoxy) is 2. The van der Waals surface area contributed by atoms with Crippen LogP contribution in [-0.2, 0) is 4.79 Å². The SMILES string of the molecule is COc1cccc(/C=C/C(=O)Nc2ccccc2-n2ncc3c(=O)[nH]cnc32)c1OC(F)F. The smallest absolute Gasteiger partial charge is 0.387 e. The van der Waals surface area contributed by atoms with Gasteiger partial charge in [0.1, 0.15) is 5.39 Å². The van der Waals surface area contributed by atoms with Crippen molar-refractivity contribution < 1.29 is 23.0 Å². The van der Waals surface area contributed by atoms with E-state index in [1.165, 1.54) is 48.6 Å². The number of para-hydroxylation sites is 3. The number of methoxy groups -OCH3 is 1.